The maximum atomic E-state index is 12.9. The molecule has 0 aliphatic carbocycles. The van der Waals surface area contributed by atoms with Gasteiger partial charge in [0.25, 0.3) is 5.91 Å². The molecule has 2 N–H and O–H groups in total. The zero-order valence-corrected chi connectivity index (χ0v) is 14.3. The van der Waals surface area contributed by atoms with Crippen LogP contribution in [-0.4, -0.2) is 17.9 Å². The van der Waals surface area contributed by atoms with E-state index in [1.807, 2.05) is 13.8 Å². The second-order valence-corrected chi connectivity index (χ2v) is 5.70. The first-order chi connectivity index (χ1) is 12.0. The van der Waals surface area contributed by atoms with Gasteiger partial charge in [0.2, 0.25) is 5.91 Å². The zero-order valence-electron chi connectivity index (χ0n) is 14.3. The van der Waals surface area contributed by atoms with E-state index in [2.05, 4.69) is 10.6 Å². The molecule has 2 amide bonds. The summed E-state index contributed by atoms with van der Waals surface area (Å²) in [7, 11) is 0. The number of carbonyl (C=O) groups excluding carboxylic acids is 2. The lowest BCUT2D eigenvalue weighted by Crippen LogP contribution is -2.32. The third-order valence-corrected chi connectivity index (χ3v) is 3.72. The highest BCUT2D eigenvalue weighted by molar-refractivity contribution is 6.07. The van der Waals surface area contributed by atoms with Crippen LogP contribution in [0.15, 0.2) is 54.6 Å². The van der Waals surface area contributed by atoms with Crippen LogP contribution in [0.3, 0.4) is 0 Å². The third kappa shape index (κ3) is 5.57. The Labute approximate surface area is 146 Å². The maximum absolute atomic E-state index is 12.9. The van der Waals surface area contributed by atoms with Crippen molar-refractivity contribution in [3.63, 3.8) is 0 Å². The van der Waals surface area contributed by atoms with Crippen LogP contribution in [0.5, 0.6) is 0 Å². The highest BCUT2D eigenvalue weighted by Gasteiger charge is 2.13. The minimum absolute atomic E-state index is 0.0506. The molecule has 0 saturated carbocycles. The Morgan fingerprint density at radius 3 is 2.48 bits per heavy atom. The molecule has 0 aliphatic rings. The molecular formula is C20H21FN2O2. The van der Waals surface area contributed by atoms with E-state index in [4.69, 9.17) is 0 Å². The predicted molar refractivity (Wildman–Crippen MR) is 97.7 cm³/mol. The van der Waals surface area contributed by atoms with E-state index < -0.39 is 0 Å². The number of hydrogen-bond donors (Lipinski definition) is 2. The van der Waals surface area contributed by atoms with Crippen LogP contribution in [-0.2, 0) is 4.79 Å². The minimum atomic E-state index is -0.367. The van der Waals surface area contributed by atoms with Crippen LogP contribution in [0.4, 0.5) is 10.1 Å². The second-order valence-electron chi connectivity index (χ2n) is 5.70. The molecule has 0 heterocycles. The van der Waals surface area contributed by atoms with Crippen LogP contribution in [0.1, 0.15) is 36.2 Å². The fourth-order valence-corrected chi connectivity index (χ4v) is 2.11. The van der Waals surface area contributed by atoms with Gasteiger partial charge in [-0.2, -0.15) is 0 Å². The molecule has 130 valence electrons. The van der Waals surface area contributed by atoms with Crippen molar-refractivity contribution in [3.8, 4) is 0 Å². The van der Waals surface area contributed by atoms with E-state index in [1.54, 1.807) is 42.5 Å². The van der Waals surface area contributed by atoms with E-state index in [1.165, 1.54) is 18.2 Å². The summed E-state index contributed by atoms with van der Waals surface area (Å²) in [4.78, 5) is 24.4. The standard InChI is InChI=1S/C20H21FN2O2/c1-3-14(2)22-20(25)17-6-4-5-7-18(17)23-19(24)13-10-15-8-11-16(21)12-9-15/h4-14H,3H2,1-2H3,(H,22,25)(H,23,24)/b13-10+/t14-/m1/s1. The van der Waals surface area contributed by atoms with Crippen molar-refractivity contribution in [1.82, 2.24) is 5.32 Å². The molecule has 25 heavy (non-hydrogen) atoms. The second kappa shape index (κ2) is 8.78. The topological polar surface area (TPSA) is 58.2 Å². The van der Waals surface area contributed by atoms with E-state index >= 15 is 0 Å². The smallest absolute Gasteiger partial charge is 0.253 e. The number of nitrogens with one attached hydrogen (secondary N) is 2. The van der Waals surface area contributed by atoms with Gasteiger partial charge in [0.1, 0.15) is 5.82 Å². The first-order valence-corrected chi connectivity index (χ1v) is 8.14. The molecule has 2 aromatic carbocycles. The average molecular weight is 340 g/mol. The van der Waals surface area contributed by atoms with Gasteiger partial charge in [-0.3, -0.25) is 9.59 Å². The number of rotatable bonds is 6. The lowest BCUT2D eigenvalue weighted by molar-refractivity contribution is -0.111. The molecule has 0 aromatic heterocycles. The molecule has 0 radical (unpaired) electrons. The Balaban J connectivity index is 2.08. The highest BCUT2D eigenvalue weighted by atomic mass is 19.1. The molecule has 0 spiro atoms. The van der Waals surface area contributed by atoms with Crippen LogP contribution in [0, 0.1) is 5.82 Å². The fraction of sp³-hybridized carbons (Fsp3) is 0.200. The monoisotopic (exact) mass is 340 g/mol. The van der Waals surface area contributed by atoms with E-state index in [0.717, 1.165) is 6.42 Å². The number of amides is 2. The Morgan fingerprint density at radius 2 is 1.80 bits per heavy atom. The summed E-state index contributed by atoms with van der Waals surface area (Å²) in [6, 6.07) is 12.7. The normalized spacial score (nSPS) is 12.0. The van der Waals surface area contributed by atoms with Crippen molar-refractivity contribution in [1.29, 1.82) is 0 Å². The molecule has 0 bridgehead atoms. The van der Waals surface area contributed by atoms with Crippen molar-refractivity contribution in [2.24, 2.45) is 0 Å². The van der Waals surface area contributed by atoms with Gasteiger partial charge in [-0.15, -0.1) is 0 Å². The van der Waals surface area contributed by atoms with Crippen LogP contribution in [0.2, 0.25) is 0 Å². The average Bonchev–Trinajstić information content (AvgIpc) is 2.61. The Bertz CT molecular complexity index is 770. The third-order valence-electron chi connectivity index (χ3n) is 3.72. The predicted octanol–water partition coefficient (Wildman–Crippen LogP) is 4.01. The van der Waals surface area contributed by atoms with E-state index in [0.29, 0.717) is 16.8 Å². The van der Waals surface area contributed by atoms with Crippen LogP contribution >= 0.6 is 0 Å². The van der Waals surface area contributed by atoms with Gasteiger partial charge in [0.15, 0.2) is 0 Å². The summed E-state index contributed by atoms with van der Waals surface area (Å²) in [5.74, 6) is -0.927. The molecule has 0 unspecified atom stereocenters. The van der Waals surface area contributed by atoms with Crippen molar-refractivity contribution >= 4 is 23.6 Å². The molecule has 0 aliphatic heterocycles. The van der Waals surface area contributed by atoms with Gasteiger partial charge in [-0.25, -0.2) is 4.39 Å². The van der Waals surface area contributed by atoms with Gasteiger partial charge >= 0.3 is 0 Å². The Hall–Kier alpha value is -2.95. The van der Waals surface area contributed by atoms with Gasteiger partial charge in [0.05, 0.1) is 11.3 Å². The molecule has 5 heteroatoms. The van der Waals surface area contributed by atoms with Gasteiger partial charge in [0, 0.05) is 12.1 Å². The van der Waals surface area contributed by atoms with Crippen molar-refractivity contribution < 1.29 is 14.0 Å². The zero-order chi connectivity index (χ0) is 18.2. The van der Waals surface area contributed by atoms with Crippen LogP contribution < -0.4 is 10.6 Å². The van der Waals surface area contributed by atoms with Crippen molar-refractivity contribution in [3.05, 3.63) is 71.6 Å². The lowest BCUT2D eigenvalue weighted by Gasteiger charge is -2.14. The Morgan fingerprint density at radius 1 is 1.12 bits per heavy atom. The summed E-state index contributed by atoms with van der Waals surface area (Å²) in [6.45, 7) is 3.91. The number of benzene rings is 2. The van der Waals surface area contributed by atoms with Crippen molar-refractivity contribution in [2.45, 2.75) is 26.3 Å². The van der Waals surface area contributed by atoms with Crippen molar-refractivity contribution in [2.75, 3.05) is 5.32 Å². The van der Waals surface area contributed by atoms with Gasteiger partial charge in [-0.05, 0) is 49.2 Å². The molecular weight excluding hydrogens is 319 g/mol. The summed E-state index contributed by atoms with van der Waals surface area (Å²) < 4.78 is 12.9. The van der Waals surface area contributed by atoms with Crippen LogP contribution in [0.25, 0.3) is 6.08 Å². The summed E-state index contributed by atoms with van der Waals surface area (Å²) >= 11 is 0. The van der Waals surface area contributed by atoms with Gasteiger partial charge < -0.3 is 10.6 Å². The molecule has 1 atom stereocenters. The maximum Gasteiger partial charge on any atom is 0.253 e. The Kier molecular flexibility index (Phi) is 6.46. The number of para-hydroxylation sites is 1. The van der Waals surface area contributed by atoms with E-state index in [9.17, 15) is 14.0 Å². The first-order valence-electron chi connectivity index (χ1n) is 8.14. The summed E-state index contributed by atoms with van der Waals surface area (Å²) in [5.41, 5.74) is 1.56. The number of carbonyl (C=O) groups is 2. The summed E-state index contributed by atoms with van der Waals surface area (Å²) in [6.07, 6.45) is 3.74. The first kappa shape index (κ1) is 18.4. The van der Waals surface area contributed by atoms with Gasteiger partial charge in [-0.1, -0.05) is 31.2 Å². The number of halogens is 1. The molecule has 0 saturated heterocycles. The highest BCUT2D eigenvalue weighted by Crippen LogP contribution is 2.15. The largest absolute Gasteiger partial charge is 0.350 e. The molecule has 2 aromatic rings. The van der Waals surface area contributed by atoms with E-state index in [-0.39, 0.29) is 23.7 Å². The quantitative estimate of drug-likeness (QED) is 0.781. The molecule has 0 fully saturated rings. The fourth-order valence-electron chi connectivity index (χ4n) is 2.11. The SMILES string of the molecule is CC[C@@H](C)NC(=O)c1ccccc1NC(=O)/C=C/c1ccc(F)cc1. The number of hydrogen-bond acceptors (Lipinski definition) is 2. The minimum Gasteiger partial charge on any atom is -0.350 e. The number of anilines is 1. The molecule has 2 rings (SSSR count). The lowest BCUT2D eigenvalue weighted by atomic mass is 10.1. The molecule has 4 nitrogen and oxygen atoms in total. The summed E-state index contributed by atoms with van der Waals surface area (Å²) in [5, 5.41) is 5.58.